The molecular weight excluding hydrogens is 308 g/mol. The molecule has 128 valence electrons. The maximum Gasteiger partial charge on any atom is 0.272 e. The van der Waals surface area contributed by atoms with Gasteiger partial charge in [0.2, 0.25) is 0 Å². The van der Waals surface area contributed by atoms with Gasteiger partial charge in [-0.3, -0.25) is 15.0 Å². The monoisotopic (exact) mass is 330 g/mol. The van der Waals surface area contributed by atoms with E-state index in [9.17, 15) is 15.2 Å². The van der Waals surface area contributed by atoms with Gasteiger partial charge in [-0.2, -0.15) is 0 Å². The fourth-order valence-corrected chi connectivity index (χ4v) is 3.48. The van der Waals surface area contributed by atoms with Gasteiger partial charge in [0.15, 0.2) is 0 Å². The van der Waals surface area contributed by atoms with E-state index >= 15 is 0 Å². The smallest absolute Gasteiger partial charge is 0.272 e. The first-order valence-electron chi connectivity index (χ1n) is 8.24. The van der Waals surface area contributed by atoms with Gasteiger partial charge in [0.1, 0.15) is 11.9 Å². The number of likely N-dealkylation sites (tertiary alicyclic amines) is 1. The van der Waals surface area contributed by atoms with E-state index < -0.39 is 6.10 Å². The minimum Gasteiger partial charge on any atom is -0.467 e. The highest BCUT2D eigenvalue weighted by Crippen LogP contribution is 2.30. The van der Waals surface area contributed by atoms with Crippen molar-refractivity contribution < 1.29 is 14.4 Å². The van der Waals surface area contributed by atoms with Crippen LogP contribution >= 0.6 is 0 Å². The standard InChI is InChI=1S/C18H22N2O4/c1-13-14(5-2-7-16(13)20(22)23)12-19-9-3-6-15(19)11-17(21)18-8-4-10-24-18/h2,4-5,7-8,10,15,17,21H,3,6,9,11-12H2,1H3. The van der Waals surface area contributed by atoms with Gasteiger partial charge in [0.05, 0.1) is 11.2 Å². The molecule has 6 nitrogen and oxygen atoms in total. The quantitative estimate of drug-likeness (QED) is 0.647. The molecule has 0 bridgehead atoms. The second-order valence-electron chi connectivity index (χ2n) is 6.35. The number of nitrogens with zero attached hydrogens (tertiary/aromatic N) is 2. The molecule has 1 saturated heterocycles. The van der Waals surface area contributed by atoms with Crippen molar-refractivity contribution in [2.45, 2.75) is 44.9 Å². The average Bonchev–Trinajstić information content (AvgIpc) is 3.21. The van der Waals surface area contributed by atoms with E-state index in [2.05, 4.69) is 4.90 Å². The van der Waals surface area contributed by atoms with Crippen molar-refractivity contribution in [3.8, 4) is 0 Å². The maximum atomic E-state index is 11.1. The number of aliphatic hydroxyl groups is 1. The Morgan fingerprint density at radius 3 is 2.96 bits per heavy atom. The molecule has 0 aliphatic carbocycles. The molecule has 24 heavy (non-hydrogen) atoms. The summed E-state index contributed by atoms with van der Waals surface area (Å²) in [5, 5.41) is 21.4. The first-order valence-corrected chi connectivity index (χ1v) is 8.24. The zero-order chi connectivity index (χ0) is 17.1. The van der Waals surface area contributed by atoms with Gasteiger partial charge in [-0.15, -0.1) is 0 Å². The van der Waals surface area contributed by atoms with Gasteiger partial charge in [0.25, 0.3) is 5.69 Å². The van der Waals surface area contributed by atoms with Crippen LogP contribution in [0.1, 0.15) is 42.3 Å². The highest BCUT2D eigenvalue weighted by molar-refractivity contribution is 5.44. The summed E-state index contributed by atoms with van der Waals surface area (Å²) in [4.78, 5) is 13.1. The van der Waals surface area contributed by atoms with Crippen LogP contribution in [0.2, 0.25) is 0 Å². The van der Waals surface area contributed by atoms with Crippen LogP contribution in [0.25, 0.3) is 0 Å². The molecule has 2 atom stereocenters. The highest BCUT2D eigenvalue weighted by Gasteiger charge is 2.28. The summed E-state index contributed by atoms with van der Waals surface area (Å²) in [6, 6.07) is 9.04. The largest absolute Gasteiger partial charge is 0.467 e. The molecule has 0 saturated carbocycles. The van der Waals surface area contributed by atoms with Crippen LogP contribution in [0, 0.1) is 17.0 Å². The van der Waals surface area contributed by atoms with E-state index in [4.69, 9.17) is 4.42 Å². The Kier molecular flexibility index (Phi) is 4.97. The molecule has 2 heterocycles. The lowest BCUT2D eigenvalue weighted by molar-refractivity contribution is -0.385. The van der Waals surface area contributed by atoms with Crippen molar-refractivity contribution in [1.82, 2.24) is 4.90 Å². The predicted octanol–water partition coefficient (Wildman–Crippen LogP) is 3.58. The summed E-state index contributed by atoms with van der Waals surface area (Å²) in [5.41, 5.74) is 1.86. The molecule has 2 unspecified atom stereocenters. The zero-order valence-corrected chi connectivity index (χ0v) is 13.7. The third-order valence-corrected chi connectivity index (χ3v) is 4.85. The minimum absolute atomic E-state index is 0.166. The Hall–Kier alpha value is -2.18. The summed E-state index contributed by atoms with van der Waals surface area (Å²) in [5.74, 6) is 0.591. The van der Waals surface area contributed by atoms with Gasteiger partial charge >= 0.3 is 0 Å². The molecular formula is C18H22N2O4. The van der Waals surface area contributed by atoms with Crippen LogP contribution in [0.15, 0.2) is 41.0 Å². The number of aliphatic hydroxyl groups excluding tert-OH is 1. The van der Waals surface area contributed by atoms with Crippen LogP contribution in [0.4, 0.5) is 5.69 Å². The number of furan rings is 1. The molecule has 0 radical (unpaired) electrons. The fraction of sp³-hybridized carbons (Fsp3) is 0.444. The summed E-state index contributed by atoms with van der Waals surface area (Å²) in [7, 11) is 0. The SMILES string of the molecule is Cc1c(CN2CCCC2CC(O)c2ccco2)cccc1[N+](=O)[O-]. The van der Waals surface area contributed by atoms with Crippen molar-refractivity contribution in [3.63, 3.8) is 0 Å². The van der Waals surface area contributed by atoms with Crippen molar-refractivity contribution >= 4 is 5.69 Å². The van der Waals surface area contributed by atoms with Crippen LogP contribution < -0.4 is 0 Å². The number of hydrogen-bond acceptors (Lipinski definition) is 5. The normalized spacial score (nSPS) is 19.5. The molecule has 3 rings (SSSR count). The molecule has 1 aliphatic rings. The van der Waals surface area contributed by atoms with Gasteiger partial charge in [0, 0.05) is 24.2 Å². The Bertz CT molecular complexity index is 699. The molecule has 1 fully saturated rings. The Morgan fingerprint density at radius 1 is 1.42 bits per heavy atom. The van der Waals surface area contributed by atoms with E-state index in [0.717, 1.165) is 30.5 Å². The van der Waals surface area contributed by atoms with Gasteiger partial charge in [-0.05, 0) is 50.4 Å². The van der Waals surface area contributed by atoms with E-state index in [0.29, 0.717) is 18.7 Å². The number of rotatable bonds is 6. The molecule has 1 aliphatic heterocycles. The fourth-order valence-electron chi connectivity index (χ4n) is 3.48. The van der Waals surface area contributed by atoms with Crippen molar-refractivity contribution in [3.05, 3.63) is 63.6 Å². The average molecular weight is 330 g/mol. The van der Waals surface area contributed by atoms with E-state index in [1.807, 2.05) is 6.07 Å². The van der Waals surface area contributed by atoms with Crippen LogP contribution in [0.5, 0.6) is 0 Å². The van der Waals surface area contributed by atoms with Crippen molar-refractivity contribution in [2.75, 3.05) is 6.54 Å². The van der Waals surface area contributed by atoms with Crippen molar-refractivity contribution in [1.29, 1.82) is 0 Å². The number of benzene rings is 1. The minimum atomic E-state index is -0.614. The Balaban J connectivity index is 1.70. The second kappa shape index (κ2) is 7.15. The molecule has 0 amide bonds. The molecule has 1 N–H and O–H groups in total. The summed E-state index contributed by atoms with van der Waals surface area (Å²) < 4.78 is 5.28. The lowest BCUT2D eigenvalue weighted by Crippen LogP contribution is -2.30. The maximum absolute atomic E-state index is 11.1. The van der Waals surface area contributed by atoms with Crippen LogP contribution in [-0.4, -0.2) is 27.5 Å². The summed E-state index contributed by atoms with van der Waals surface area (Å²) in [6.45, 7) is 3.41. The molecule has 6 heteroatoms. The summed E-state index contributed by atoms with van der Waals surface area (Å²) >= 11 is 0. The molecule has 1 aromatic carbocycles. The highest BCUT2D eigenvalue weighted by atomic mass is 16.6. The number of nitro benzene ring substituents is 1. The molecule has 1 aromatic heterocycles. The predicted molar refractivity (Wildman–Crippen MR) is 89.6 cm³/mol. The second-order valence-corrected chi connectivity index (χ2v) is 6.35. The Labute approximate surface area is 140 Å². The van der Waals surface area contributed by atoms with E-state index in [-0.39, 0.29) is 16.7 Å². The lowest BCUT2D eigenvalue weighted by Gasteiger charge is -2.26. The zero-order valence-electron chi connectivity index (χ0n) is 13.7. The Morgan fingerprint density at radius 2 is 2.25 bits per heavy atom. The van der Waals surface area contributed by atoms with Gasteiger partial charge < -0.3 is 9.52 Å². The van der Waals surface area contributed by atoms with Crippen molar-refractivity contribution in [2.24, 2.45) is 0 Å². The van der Waals surface area contributed by atoms with Crippen LogP contribution in [-0.2, 0) is 6.54 Å². The third kappa shape index (κ3) is 3.49. The van der Waals surface area contributed by atoms with E-state index in [1.165, 1.54) is 0 Å². The first-order chi connectivity index (χ1) is 11.6. The third-order valence-electron chi connectivity index (χ3n) is 4.85. The molecule has 2 aromatic rings. The number of nitro groups is 1. The lowest BCUT2D eigenvalue weighted by atomic mass is 10.0. The van der Waals surface area contributed by atoms with Gasteiger partial charge in [-0.25, -0.2) is 0 Å². The van der Waals surface area contributed by atoms with Crippen LogP contribution in [0.3, 0.4) is 0 Å². The topological polar surface area (TPSA) is 79.8 Å². The van der Waals surface area contributed by atoms with Gasteiger partial charge in [-0.1, -0.05) is 12.1 Å². The molecule has 0 spiro atoms. The van der Waals surface area contributed by atoms with E-state index in [1.54, 1.807) is 37.5 Å². The number of hydrogen-bond donors (Lipinski definition) is 1. The summed E-state index contributed by atoms with van der Waals surface area (Å²) in [6.07, 6.45) is 3.66. The first kappa shape index (κ1) is 16.7.